The third-order valence-corrected chi connectivity index (χ3v) is 17.7. The molecule has 2 heterocycles. The number of primary amides is 2. The summed E-state index contributed by atoms with van der Waals surface area (Å²) in [6, 6.07) is 14.4. The number of carbonyl (C=O) groups excluding carboxylic acids is 12. The quantitative estimate of drug-likeness (QED) is 0.0248. The van der Waals surface area contributed by atoms with Crippen molar-refractivity contribution in [3.63, 3.8) is 0 Å². The van der Waals surface area contributed by atoms with E-state index in [1.54, 1.807) is 50.2 Å². The molecule has 13 amide bonds. The highest BCUT2D eigenvalue weighted by molar-refractivity contribution is 6.30. The molecular weight excluding hydrogens is 1360 g/mol. The molecule has 1 unspecified atom stereocenters. The van der Waals surface area contributed by atoms with Crippen LogP contribution in [0, 0.1) is 5.92 Å². The lowest BCUT2D eigenvalue weighted by Crippen LogP contribution is -2.61. The Kier molecular flexibility index (Phi) is 33.2. The van der Waals surface area contributed by atoms with E-state index in [1.165, 1.54) is 55.4 Å². The Hall–Kier alpha value is -10.3. The standard InChI is InChI=1S/C74H100ClN15O14/c1-43(2)35-57(66(96)84-56(19-10-11-32-79-44(3)4)73(103)90-34-14-20-63(90)72(102)81-45(5)64(76)94)85-65(95)55(18-9-12-33-80-74(77)104)83-68(98)59(38-48-24-29-54(93)30-25-48)88-71(101)62(42-91)89-70(100)61(40-50-15-13-31-78-41-50)87-69(99)60(37-47-22-27-53(75)28-23-47)86-67(97)58(82-46(6)92)39-49-21-26-51-16-7-8-17-52(51)36-49/h7-8,13,15-17,21-31,36,41,43-45,55-63,79,91,93H,9-12,14,18-20,32-35,37-40,42H2,1-6H3,(H2,76,94)(H,81,102)(H,82,92)(H,83,98)(H,84,96)(H,85,95)(H,86,97)(H,87,99)(H,88,101)(H,89,100)(H3,77,80,104)/t45?,55-,56-,57+,58+,59+,60-,61+,62-,63+/m0/s1. The molecular formula is C74H100ClN15O14. The summed E-state index contributed by atoms with van der Waals surface area (Å²) in [5, 5.41) is 53.5. The number of hydrogen-bond donors (Lipinski definition) is 15. The monoisotopic (exact) mass is 1460 g/mol. The minimum atomic E-state index is -1.83. The van der Waals surface area contributed by atoms with Crippen LogP contribution >= 0.6 is 11.6 Å². The van der Waals surface area contributed by atoms with E-state index >= 15 is 0 Å². The maximum absolute atomic E-state index is 15.0. The Morgan fingerprint density at radius 3 is 1.59 bits per heavy atom. The lowest BCUT2D eigenvalue weighted by atomic mass is 9.99. The molecule has 5 aromatic rings. The van der Waals surface area contributed by atoms with Crippen molar-refractivity contribution >= 4 is 93.4 Å². The molecule has 0 spiro atoms. The van der Waals surface area contributed by atoms with Crippen LogP contribution in [0.3, 0.4) is 0 Å². The number of nitrogens with two attached hydrogens (primary N) is 2. The highest BCUT2D eigenvalue weighted by Crippen LogP contribution is 2.23. The van der Waals surface area contributed by atoms with Crippen LogP contribution in [0.25, 0.3) is 10.8 Å². The number of urea groups is 1. The van der Waals surface area contributed by atoms with E-state index in [9.17, 15) is 67.7 Å². The molecule has 4 aromatic carbocycles. The van der Waals surface area contributed by atoms with E-state index in [1.807, 2.05) is 56.3 Å². The van der Waals surface area contributed by atoms with Crippen molar-refractivity contribution in [1.29, 1.82) is 0 Å². The minimum absolute atomic E-state index is 0.0327. The summed E-state index contributed by atoms with van der Waals surface area (Å²) in [6.07, 6.45) is 4.59. The highest BCUT2D eigenvalue weighted by Gasteiger charge is 2.40. The zero-order chi connectivity index (χ0) is 76.0. The highest BCUT2D eigenvalue weighted by atomic mass is 35.5. The maximum Gasteiger partial charge on any atom is 0.312 e. The summed E-state index contributed by atoms with van der Waals surface area (Å²) in [5.74, 6) is -9.07. The molecule has 0 aliphatic carbocycles. The number of aliphatic hydroxyl groups excluding tert-OH is 1. The predicted molar refractivity (Wildman–Crippen MR) is 390 cm³/mol. The van der Waals surface area contributed by atoms with Gasteiger partial charge in [-0.2, -0.15) is 0 Å². The second kappa shape index (κ2) is 41.7. The van der Waals surface area contributed by atoms with E-state index in [4.69, 9.17) is 23.1 Å². The first-order chi connectivity index (χ1) is 49.6. The average Bonchev–Trinajstić information content (AvgIpc) is 1.63. The number of amides is 13. The molecule has 1 aliphatic rings. The summed E-state index contributed by atoms with van der Waals surface area (Å²) < 4.78 is 0. The number of likely N-dealkylation sites (tertiary alicyclic amines) is 1. The van der Waals surface area contributed by atoms with E-state index < -0.39 is 138 Å². The number of halogens is 1. The van der Waals surface area contributed by atoms with Crippen LogP contribution in [-0.2, 0) is 78.4 Å². The molecule has 1 saturated heterocycles. The van der Waals surface area contributed by atoms with Gasteiger partial charge >= 0.3 is 6.03 Å². The van der Waals surface area contributed by atoms with Crippen LogP contribution in [0.5, 0.6) is 5.75 Å². The van der Waals surface area contributed by atoms with Gasteiger partial charge in [0.1, 0.15) is 66.2 Å². The molecule has 17 N–H and O–H groups in total. The van der Waals surface area contributed by atoms with Gasteiger partial charge in [-0.1, -0.05) is 112 Å². The first-order valence-corrected chi connectivity index (χ1v) is 35.5. The Balaban J connectivity index is 1.26. The first kappa shape index (κ1) is 82.7. The van der Waals surface area contributed by atoms with Crippen molar-refractivity contribution in [1.82, 2.24) is 68.4 Å². The molecule has 0 saturated carbocycles. The number of phenolic OH excluding ortho intramolecular Hbond substituents is 1. The third-order valence-electron chi connectivity index (χ3n) is 17.5. The molecule has 29 nitrogen and oxygen atoms in total. The van der Waals surface area contributed by atoms with Gasteiger partial charge in [-0.25, -0.2) is 4.79 Å². The van der Waals surface area contributed by atoms with Gasteiger partial charge in [-0.15, -0.1) is 0 Å². The van der Waals surface area contributed by atoms with Crippen LogP contribution in [0.15, 0.2) is 116 Å². The Labute approximate surface area is 610 Å². The van der Waals surface area contributed by atoms with Crippen molar-refractivity contribution in [2.45, 2.75) is 191 Å². The predicted octanol–water partition coefficient (Wildman–Crippen LogP) is 1.79. The number of nitrogens with one attached hydrogen (secondary N) is 11. The average molecular weight is 1460 g/mol. The maximum atomic E-state index is 15.0. The van der Waals surface area contributed by atoms with Crippen LogP contribution < -0.4 is 70.0 Å². The molecule has 0 radical (unpaired) electrons. The van der Waals surface area contributed by atoms with Crippen LogP contribution in [0.4, 0.5) is 4.79 Å². The van der Waals surface area contributed by atoms with Crippen molar-refractivity contribution < 1.29 is 67.7 Å². The molecule has 562 valence electrons. The van der Waals surface area contributed by atoms with Gasteiger partial charge < -0.3 is 85.1 Å². The number of aromatic nitrogens is 1. The molecule has 1 aliphatic heterocycles. The Morgan fingerprint density at radius 1 is 0.538 bits per heavy atom. The first-order valence-electron chi connectivity index (χ1n) is 35.1. The van der Waals surface area contributed by atoms with Gasteiger partial charge in [-0.3, -0.25) is 57.7 Å². The van der Waals surface area contributed by atoms with Gasteiger partial charge in [-0.05, 0) is 141 Å². The SMILES string of the molecule is CC(=O)N[C@H](Cc1ccc2ccccc2c1)C(=O)N[C@@H](Cc1ccc(Cl)cc1)C(=O)N[C@H](Cc1cccnc1)C(=O)N[C@@H](CO)C(=O)N[C@H](Cc1ccc(O)cc1)C(=O)N[C@@H](CCCCNC(N)=O)C(=O)N[C@H](CC(C)C)C(=O)N[C@@H](CCCCNC(C)C)C(=O)N1CCC[C@@H]1C(=O)NC(C)C(N)=O. The normalized spacial score (nSPS) is 15.3. The number of hydrogen-bond acceptors (Lipinski definition) is 16. The summed E-state index contributed by atoms with van der Waals surface area (Å²) in [6.45, 7) is 10.1. The van der Waals surface area contributed by atoms with Crippen molar-refractivity contribution in [3.8, 4) is 5.75 Å². The summed E-state index contributed by atoms with van der Waals surface area (Å²) >= 11 is 6.24. The number of benzene rings is 4. The number of pyridine rings is 1. The number of carbonyl (C=O) groups is 12. The van der Waals surface area contributed by atoms with Crippen molar-refractivity contribution in [2.75, 3.05) is 26.2 Å². The van der Waals surface area contributed by atoms with Crippen molar-refractivity contribution in [2.24, 2.45) is 17.4 Å². The fourth-order valence-electron chi connectivity index (χ4n) is 11.9. The number of rotatable bonds is 41. The summed E-state index contributed by atoms with van der Waals surface area (Å²) in [7, 11) is 0. The van der Waals surface area contributed by atoms with Gasteiger partial charge in [0.05, 0.1) is 6.61 Å². The van der Waals surface area contributed by atoms with Crippen LogP contribution in [0.1, 0.15) is 122 Å². The molecule has 10 atom stereocenters. The lowest BCUT2D eigenvalue weighted by molar-refractivity contribution is -0.142. The van der Waals surface area contributed by atoms with Gasteiger partial charge in [0.2, 0.25) is 65.0 Å². The van der Waals surface area contributed by atoms with E-state index in [0.29, 0.717) is 53.1 Å². The molecule has 1 fully saturated rings. The third kappa shape index (κ3) is 27.5. The molecule has 1 aromatic heterocycles. The van der Waals surface area contributed by atoms with E-state index in [2.05, 4.69) is 63.5 Å². The lowest BCUT2D eigenvalue weighted by Gasteiger charge is -2.31. The van der Waals surface area contributed by atoms with Gasteiger partial charge in [0.15, 0.2) is 0 Å². The zero-order valence-corrected chi connectivity index (χ0v) is 60.4. The van der Waals surface area contributed by atoms with E-state index in [-0.39, 0.29) is 95.0 Å². The van der Waals surface area contributed by atoms with Gasteiger partial charge in [0, 0.05) is 69.2 Å². The number of aliphatic hydroxyl groups is 1. The zero-order valence-electron chi connectivity index (χ0n) is 59.6. The largest absolute Gasteiger partial charge is 0.508 e. The second-order valence-electron chi connectivity index (χ2n) is 26.9. The number of aromatic hydroxyl groups is 1. The Morgan fingerprint density at radius 2 is 1.03 bits per heavy atom. The topological polar surface area (TPSA) is 446 Å². The molecule has 0 bridgehead atoms. The molecule has 104 heavy (non-hydrogen) atoms. The fourth-order valence-corrected chi connectivity index (χ4v) is 12.1. The number of fused-ring (bicyclic) bond motifs is 1. The number of unbranched alkanes of at least 4 members (excludes halogenated alkanes) is 2. The second-order valence-corrected chi connectivity index (χ2v) is 27.3. The summed E-state index contributed by atoms with van der Waals surface area (Å²) in [4.78, 5) is 173. The summed E-state index contributed by atoms with van der Waals surface area (Å²) in [5.41, 5.74) is 12.8. The minimum Gasteiger partial charge on any atom is -0.508 e. The van der Waals surface area contributed by atoms with Gasteiger partial charge in [0.25, 0.3) is 0 Å². The number of phenols is 1. The fraction of sp³-hybridized carbons (Fsp3) is 0.473. The molecule has 30 heteroatoms. The molecule has 6 rings (SSSR count). The van der Waals surface area contributed by atoms with Crippen LogP contribution in [-0.4, -0.2) is 184 Å². The smallest absolute Gasteiger partial charge is 0.312 e. The van der Waals surface area contributed by atoms with Crippen LogP contribution in [0.2, 0.25) is 5.02 Å². The number of nitrogens with zero attached hydrogens (tertiary/aromatic N) is 2. The van der Waals surface area contributed by atoms with E-state index in [0.717, 1.165) is 10.8 Å². The van der Waals surface area contributed by atoms with Crippen molar-refractivity contribution in [3.05, 3.63) is 143 Å². The Bertz CT molecular complexity index is 3740.